The molecule has 0 amide bonds. The molecule has 0 aromatic heterocycles. The first kappa shape index (κ1) is 13.0. The minimum absolute atomic E-state index is 0.475. The summed E-state index contributed by atoms with van der Waals surface area (Å²) in [5.74, 6) is 1.52. The van der Waals surface area contributed by atoms with Crippen LogP contribution in [-0.4, -0.2) is 23.8 Å². The van der Waals surface area contributed by atoms with Crippen molar-refractivity contribution in [2.45, 2.75) is 64.5 Å². The SMILES string of the molecule is CCC(NC)C(CC(C)(O)CC)C1CC1. The minimum Gasteiger partial charge on any atom is -0.390 e. The lowest BCUT2D eigenvalue weighted by Crippen LogP contribution is -2.39. The Morgan fingerprint density at radius 3 is 2.33 bits per heavy atom. The molecule has 1 aliphatic carbocycles. The summed E-state index contributed by atoms with van der Waals surface area (Å²) >= 11 is 0. The quantitative estimate of drug-likeness (QED) is 0.681. The third-order valence-corrected chi connectivity index (χ3v) is 3.99. The van der Waals surface area contributed by atoms with Gasteiger partial charge in [0, 0.05) is 6.04 Å². The van der Waals surface area contributed by atoms with Gasteiger partial charge >= 0.3 is 0 Å². The zero-order valence-electron chi connectivity index (χ0n) is 10.7. The van der Waals surface area contributed by atoms with Crippen LogP contribution in [0.3, 0.4) is 0 Å². The number of nitrogens with one attached hydrogen (secondary N) is 1. The maximum atomic E-state index is 10.2. The summed E-state index contributed by atoms with van der Waals surface area (Å²) in [6.07, 6.45) is 5.70. The molecule has 0 aromatic rings. The summed E-state index contributed by atoms with van der Waals surface area (Å²) < 4.78 is 0. The minimum atomic E-state index is -0.475. The molecule has 1 fully saturated rings. The Morgan fingerprint density at radius 2 is 2.00 bits per heavy atom. The zero-order chi connectivity index (χ0) is 11.5. The highest BCUT2D eigenvalue weighted by molar-refractivity contribution is 4.91. The summed E-state index contributed by atoms with van der Waals surface area (Å²) in [6, 6.07) is 0.579. The largest absolute Gasteiger partial charge is 0.390 e. The van der Waals surface area contributed by atoms with Gasteiger partial charge in [0.05, 0.1) is 5.60 Å². The molecular formula is C13H27NO. The summed E-state index contributed by atoms with van der Waals surface area (Å²) in [5.41, 5.74) is -0.475. The Labute approximate surface area is 94.5 Å². The molecule has 2 N–H and O–H groups in total. The first-order valence-electron chi connectivity index (χ1n) is 6.43. The van der Waals surface area contributed by atoms with Crippen LogP contribution in [0.25, 0.3) is 0 Å². The molecule has 0 saturated heterocycles. The smallest absolute Gasteiger partial charge is 0.0620 e. The first-order valence-corrected chi connectivity index (χ1v) is 6.43. The molecule has 1 aliphatic rings. The third kappa shape index (κ3) is 3.76. The fourth-order valence-corrected chi connectivity index (χ4v) is 2.53. The summed E-state index contributed by atoms with van der Waals surface area (Å²) in [4.78, 5) is 0. The van der Waals surface area contributed by atoms with Crippen molar-refractivity contribution in [3.05, 3.63) is 0 Å². The van der Waals surface area contributed by atoms with Gasteiger partial charge in [0.25, 0.3) is 0 Å². The molecule has 1 saturated carbocycles. The van der Waals surface area contributed by atoms with Crippen LogP contribution in [0.4, 0.5) is 0 Å². The second kappa shape index (κ2) is 5.31. The molecule has 0 heterocycles. The highest BCUT2D eigenvalue weighted by atomic mass is 16.3. The van der Waals surface area contributed by atoms with E-state index in [9.17, 15) is 5.11 Å². The van der Waals surface area contributed by atoms with Crippen LogP contribution in [0.2, 0.25) is 0 Å². The van der Waals surface area contributed by atoms with Gasteiger partial charge in [-0.2, -0.15) is 0 Å². The van der Waals surface area contributed by atoms with E-state index in [1.165, 1.54) is 12.8 Å². The zero-order valence-corrected chi connectivity index (χ0v) is 10.7. The molecule has 0 aromatic carbocycles. The van der Waals surface area contributed by atoms with Crippen molar-refractivity contribution in [2.75, 3.05) is 7.05 Å². The van der Waals surface area contributed by atoms with Gasteiger partial charge in [0.15, 0.2) is 0 Å². The summed E-state index contributed by atoms with van der Waals surface area (Å²) in [5, 5.41) is 13.6. The van der Waals surface area contributed by atoms with E-state index in [1.807, 2.05) is 14.0 Å². The number of hydrogen-bond acceptors (Lipinski definition) is 2. The molecule has 15 heavy (non-hydrogen) atoms. The molecular weight excluding hydrogens is 186 g/mol. The van der Waals surface area contributed by atoms with Crippen molar-refractivity contribution in [1.29, 1.82) is 0 Å². The van der Waals surface area contributed by atoms with E-state index in [4.69, 9.17) is 0 Å². The lowest BCUT2D eigenvalue weighted by Gasteiger charge is -2.32. The molecule has 3 atom stereocenters. The van der Waals surface area contributed by atoms with Crippen LogP contribution in [0, 0.1) is 11.8 Å². The van der Waals surface area contributed by atoms with E-state index in [0.29, 0.717) is 12.0 Å². The lowest BCUT2D eigenvalue weighted by atomic mass is 9.81. The van der Waals surface area contributed by atoms with E-state index >= 15 is 0 Å². The number of aliphatic hydroxyl groups is 1. The average molecular weight is 213 g/mol. The van der Waals surface area contributed by atoms with Crippen molar-refractivity contribution in [3.8, 4) is 0 Å². The second-order valence-electron chi connectivity index (χ2n) is 5.36. The summed E-state index contributed by atoms with van der Waals surface area (Å²) in [6.45, 7) is 6.28. The third-order valence-electron chi connectivity index (χ3n) is 3.99. The predicted octanol–water partition coefficient (Wildman–Crippen LogP) is 2.56. The van der Waals surface area contributed by atoms with Crippen molar-refractivity contribution in [2.24, 2.45) is 11.8 Å². The number of rotatable bonds is 7. The molecule has 1 rings (SSSR count). The van der Waals surface area contributed by atoms with Crippen LogP contribution < -0.4 is 5.32 Å². The molecule has 0 spiro atoms. The molecule has 0 radical (unpaired) electrons. The van der Waals surface area contributed by atoms with Gasteiger partial charge in [0.1, 0.15) is 0 Å². The van der Waals surface area contributed by atoms with Crippen LogP contribution >= 0.6 is 0 Å². The first-order chi connectivity index (χ1) is 7.04. The van der Waals surface area contributed by atoms with Crippen LogP contribution in [0.15, 0.2) is 0 Å². The number of hydrogen-bond donors (Lipinski definition) is 2. The highest BCUT2D eigenvalue weighted by Crippen LogP contribution is 2.43. The lowest BCUT2D eigenvalue weighted by molar-refractivity contribution is 0.0196. The monoisotopic (exact) mass is 213 g/mol. The maximum absolute atomic E-state index is 10.2. The molecule has 2 heteroatoms. The molecule has 3 unspecified atom stereocenters. The second-order valence-corrected chi connectivity index (χ2v) is 5.36. The Morgan fingerprint density at radius 1 is 1.40 bits per heavy atom. The predicted molar refractivity (Wildman–Crippen MR) is 64.9 cm³/mol. The molecule has 0 aliphatic heterocycles. The highest BCUT2D eigenvalue weighted by Gasteiger charge is 2.38. The molecule has 0 bridgehead atoms. The Kier molecular flexibility index (Phi) is 4.60. The normalized spacial score (nSPS) is 24.6. The van der Waals surface area contributed by atoms with Gasteiger partial charge in [0.2, 0.25) is 0 Å². The molecule has 2 nitrogen and oxygen atoms in total. The van der Waals surface area contributed by atoms with Crippen molar-refractivity contribution in [1.82, 2.24) is 5.32 Å². The van der Waals surface area contributed by atoms with Gasteiger partial charge < -0.3 is 10.4 Å². The van der Waals surface area contributed by atoms with E-state index in [0.717, 1.165) is 25.2 Å². The van der Waals surface area contributed by atoms with Crippen LogP contribution in [-0.2, 0) is 0 Å². The van der Waals surface area contributed by atoms with Gasteiger partial charge in [-0.1, -0.05) is 13.8 Å². The Bertz CT molecular complexity index is 183. The van der Waals surface area contributed by atoms with Crippen molar-refractivity contribution in [3.63, 3.8) is 0 Å². The van der Waals surface area contributed by atoms with Gasteiger partial charge in [-0.05, 0) is 57.9 Å². The van der Waals surface area contributed by atoms with Gasteiger partial charge in [-0.3, -0.25) is 0 Å². The topological polar surface area (TPSA) is 32.3 Å². The average Bonchev–Trinajstić information content (AvgIpc) is 3.01. The fourth-order valence-electron chi connectivity index (χ4n) is 2.53. The molecule has 90 valence electrons. The maximum Gasteiger partial charge on any atom is 0.0620 e. The van der Waals surface area contributed by atoms with E-state index < -0.39 is 5.60 Å². The summed E-state index contributed by atoms with van der Waals surface area (Å²) in [7, 11) is 2.05. The van der Waals surface area contributed by atoms with Crippen molar-refractivity contribution >= 4 is 0 Å². The van der Waals surface area contributed by atoms with Gasteiger partial charge in [-0.25, -0.2) is 0 Å². The van der Waals surface area contributed by atoms with Crippen LogP contribution in [0.1, 0.15) is 52.9 Å². The Hall–Kier alpha value is -0.0800. The fraction of sp³-hybridized carbons (Fsp3) is 1.00. The van der Waals surface area contributed by atoms with E-state index in [2.05, 4.69) is 19.2 Å². The standard InChI is InChI=1S/C13H27NO/c1-5-12(14-4)11(10-7-8-10)9-13(3,15)6-2/h10-12,14-15H,5-9H2,1-4H3. The van der Waals surface area contributed by atoms with E-state index in [-0.39, 0.29) is 0 Å². The van der Waals surface area contributed by atoms with E-state index in [1.54, 1.807) is 0 Å². The van der Waals surface area contributed by atoms with Crippen molar-refractivity contribution < 1.29 is 5.11 Å². The van der Waals surface area contributed by atoms with Gasteiger partial charge in [-0.15, -0.1) is 0 Å². The van der Waals surface area contributed by atoms with Crippen LogP contribution in [0.5, 0.6) is 0 Å². The Balaban J connectivity index is 2.57.